The number of fused-ring (bicyclic) bond motifs is 1. The number of nitrogens with zero attached hydrogens (tertiary/aromatic N) is 5. The molecule has 0 atom stereocenters. The van der Waals surface area contributed by atoms with Crippen molar-refractivity contribution in [2.24, 2.45) is 7.05 Å². The van der Waals surface area contributed by atoms with E-state index in [4.69, 9.17) is 0 Å². The van der Waals surface area contributed by atoms with Gasteiger partial charge in [0.15, 0.2) is 11.5 Å². The molecule has 3 aromatic heterocycles. The van der Waals surface area contributed by atoms with Gasteiger partial charge in [0.05, 0.1) is 0 Å². The van der Waals surface area contributed by atoms with Crippen LogP contribution in [-0.2, 0) is 7.05 Å². The maximum atomic E-state index is 4.37. The van der Waals surface area contributed by atoms with Crippen molar-refractivity contribution in [3.8, 4) is 0 Å². The summed E-state index contributed by atoms with van der Waals surface area (Å²) in [6, 6.07) is 5.85. The lowest BCUT2D eigenvalue weighted by Crippen LogP contribution is -1.95. The lowest BCUT2D eigenvalue weighted by Gasteiger charge is -1.93. The molecule has 0 aliphatic rings. The molecule has 6 nitrogen and oxygen atoms in total. The third-order valence-corrected chi connectivity index (χ3v) is 2.45. The van der Waals surface area contributed by atoms with Crippen molar-refractivity contribution in [3.05, 3.63) is 36.2 Å². The van der Waals surface area contributed by atoms with Gasteiger partial charge in [0, 0.05) is 25.5 Å². The first-order valence-corrected chi connectivity index (χ1v) is 5.30. The number of aryl methyl sites for hydroxylation is 2. The van der Waals surface area contributed by atoms with Gasteiger partial charge in [0.1, 0.15) is 0 Å². The van der Waals surface area contributed by atoms with Gasteiger partial charge in [-0.2, -0.15) is 10.1 Å². The Hall–Kier alpha value is -2.37. The van der Waals surface area contributed by atoms with Gasteiger partial charge in [-0.25, -0.2) is 4.52 Å². The van der Waals surface area contributed by atoms with Gasteiger partial charge >= 0.3 is 0 Å². The summed E-state index contributed by atoms with van der Waals surface area (Å²) in [5.74, 6) is 1.29. The van der Waals surface area contributed by atoms with E-state index < -0.39 is 0 Å². The number of anilines is 2. The molecule has 3 rings (SSSR count). The van der Waals surface area contributed by atoms with Crippen LogP contribution in [0.3, 0.4) is 0 Å². The number of hydrogen-bond donors (Lipinski definition) is 1. The van der Waals surface area contributed by atoms with Crippen LogP contribution in [0.4, 0.5) is 11.8 Å². The zero-order chi connectivity index (χ0) is 11.8. The zero-order valence-corrected chi connectivity index (χ0v) is 9.62. The standard InChI is InChI=1S/C11H12N6/c1-8-3-6-17-10(7-8)13-11(15-17)12-9-4-5-16(2)14-9/h3-7H,1-2H3,(H,12,14,15). The molecule has 0 saturated carbocycles. The van der Waals surface area contributed by atoms with E-state index >= 15 is 0 Å². The first kappa shape index (κ1) is 9.83. The van der Waals surface area contributed by atoms with E-state index in [-0.39, 0.29) is 0 Å². The van der Waals surface area contributed by atoms with Crippen LogP contribution in [-0.4, -0.2) is 24.4 Å². The van der Waals surface area contributed by atoms with Crippen LogP contribution in [0.5, 0.6) is 0 Å². The molecule has 3 aromatic rings. The number of nitrogens with one attached hydrogen (secondary N) is 1. The van der Waals surface area contributed by atoms with Gasteiger partial charge < -0.3 is 5.32 Å². The summed E-state index contributed by atoms with van der Waals surface area (Å²) in [7, 11) is 1.87. The molecule has 0 saturated heterocycles. The van der Waals surface area contributed by atoms with Crippen molar-refractivity contribution in [1.29, 1.82) is 0 Å². The lowest BCUT2D eigenvalue weighted by molar-refractivity contribution is 0.770. The summed E-state index contributed by atoms with van der Waals surface area (Å²) in [6.45, 7) is 2.03. The van der Waals surface area contributed by atoms with E-state index in [2.05, 4.69) is 20.5 Å². The topological polar surface area (TPSA) is 60.0 Å². The third kappa shape index (κ3) is 1.84. The largest absolute Gasteiger partial charge is 0.306 e. The Morgan fingerprint density at radius 2 is 2.06 bits per heavy atom. The van der Waals surface area contributed by atoms with Crippen molar-refractivity contribution < 1.29 is 0 Å². The highest BCUT2D eigenvalue weighted by molar-refractivity contribution is 5.51. The molecular formula is C11H12N6. The highest BCUT2D eigenvalue weighted by Crippen LogP contribution is 2.12. The minimum Gasteiger partial charge on any atom is -0.306 e. The van der Waals surface area contributed by atoms with Crippen LogP contribution in [0.1, 0.15) is 5.56 Å². The fraction of sp³-hybridized carbons (Fsp3) is 0.182. The number of aromatic nitrogens is 5. The third-order valence-electron chi connectivity index (χ3n) is 2.45. The molecule has 0 radical (unpaired) electrons. The Morgan fingerprint density at radius 3 is 2.82 bits per heavy atom. The Labute approximate surface area is 97.9 Å². The maximum absolute atomic E-state index is 4.37. The SMILES string of the molecule is Cc1ccn2nc(Nc3ccn(C)n3)nc2c1. The number of hydrogen-bond acceptors (Lipinski definition) is 4. The normalized spacial score (nSPS) is 10.9. The van der Waals surface area contributed by atoms with E-state index in [0.717, 1.165) is 17.0 Å². The van der Waals surface area contributed by atoms with Crippen LogP contribution >= 0.6 is 0 Å². The summed E-state index contributed by atoms with van der Waals surface area (Å²) >= 11 is 0. The second kappa shape index (κ2) is 3.58. The van der Waals surface area contributed by atoms with E-state index in [0.29, 0.717) is 5.95 Å². The van der Waals surface area contributed by atoms with E-state index in [1.807, 2.05) is 44.6 Å². The molecule has 3 heterocycles. The van der Waals surface area contributed by atoms with Crippen LogP contribution < -0.4 is 5.32 Å². The monoisotopic (exact) mass is 228 g/mol. The van der Waals surface area contributed by atoms with Crippen molar-refractivity contribution in [3.63, 3.8) is 0 Å². The van der Waals surface area contributed by atoms with Gasteiger partial charge in [-0.1, -0.05) is 0 Å². The Balaban J connectivity index is 1.95. The molecule has 0 fully saturated rings. The van der Waals surface area contributed by atoms with Crippen molar-refractivity contribution in [1.82, 2.24) is 24.4 Å². The molecule has 6 heteroatoms. The quantitative estimate of drug-likeness (QED) is 0.722. The van der Waals surface area contributed by atoms with Gasteiger partial charge in [-0.15, -0.1) is 5.10 Å². The van der Waals surface area contributed by atoms with Crippen molar-refractivity contribution in [2.75, 3.05) is 5.32 Å². The summed E-state index contributed by atoms with van der Waals surface area (Å²) in [5.41, 5.74) is 1.98. The molecule has 0 spiro atoms. The predicted molar refractivity (Wildman–Crippen MR) is 64.2 cm³/mol. The molecule has 0 bridgehead atoms. The Bertz CT molecular complexity index is 665. The summed E-state index contributed by atoms with van der Waals surface area (Å²) in [4.78, 5) is 4.37. The molecule has 0 aromatic carbocycles. The number of pyridine rings is 1. The predicted octanol–water partition coefficient (Wildman–Crippen LogP) is 1.51. The fourth-order valence-corrected chi connectivity index (χ4v) is 1.63. The van der Waals surface area contributed by atoms with E-state index in [1.165, 1.54) is 0 Å². The van der Waals surface area contributed by atoms with Gasteiger partial charge in [0.2, 0.25) is 5.95 Å². The summed E-state index contributed by atoms with van der Waals surface area (Å²) < 4.78 is 3.46. The number of rotatable bonds is 2. The maximum Gasteiger partial charge on any atom is 0.248 e. The highest BCUT2D eigenvalue weighted by atomic mass is 15.4. The smallest absolute Gasteiger partial charge is 0.248 e. The summed E-state index contributed by atoms with van der Waals surface area (Å²) in [6.07, 6.45) is 3.75. The first-order valence-electron chi connectivity index (χ1n) is 5.30. The molecule has 86 valence electrons. The molecule has 0 aliphatic carbocycles. The van der Waals surface area contributed by atoms with Gasteiger partial charge in [-0.3, -0.25) is 4.68 Å². The second-order valence-electron chi connectivity index (χ2n) is 3.94. The van der Waals surface area contributed by atoms with E-state index in [9.17, 15) is 0 Å². The molecule has 0 amide bonds. The summed E-state index contributed by atoms with van der Waals surface area (Å²) in [5, 5.41) is 11.6. The minimum absolute atomic E-state index is 0.550. The first-order chi connectivity index (χ1) is 8.20. The molecule has 17 heavy (non-hydrogen) atoms. The zero-order valence-electron chi connectivity index (χ0n) is 9.62. The van der Waals surface area contributed by atoms with Crippen LogP contribution in [0.15, 0.2) is 30.6 Å². The van der Waals surface area contributed by atoms with Gasteiger partial charge in [-0.05, 0) is 24.6 Å². The minimum atomic E-state index is 0.550. The molecular weight excluding hydrogens is 216 g/mol. The average Bonchev–Trinajstić information content (AvgIpc) is 2.84. The fourth-order valence-electron chi connectivity index (χ4n) is 1.63. The lowest BCUT2D eigenvalue weighted by atomic mass is 10.3. The van der Waals surface area contributed by atoms with E-state index in [1.54, 1.807) is 9.20 Å². The molecule has 1 N–H and O–H groups in total. The van der Waals surface area contributed by atoms with Crippen LogP contribution in [0.2, 0.25) is 0 Å². The Kier molecular flexibility index (Phi) is 2.07. The average molecular weight is 228 g/mol. The van der Waals surface area contributed by atoms with Crippen molar-refractivity contribution in [2.45, 2.75) is 6.92 Å². The van der Waals surface area contributed by atoms with Gasteiger partial charge in [0.25, 0.3) is 0 Å². The molecule has 0 unspecified atom stereocenters. The van der Waals surface area contributed by atoms with Crippen molar-refractivity contribution >= 4 is 17.4 Å². The highest BCUT2D eigenvalue weighted by Gasteiger charge is 2.04. The van der Waals surface area contributed by atoms with Crippen LogP contribution in [0.25, 0.3) is 5.65 Å². The Morgan fingerprint density at radius 1 is 1.18 bits per heavy atom. The second-order valence-corrected chi connectivity index (χ2v) is 3.94. The molecule has 0 aliphatic heterocycles. The van der Waals surface area contributed by atoms with Crippen LogP contribution in [0, 0.1) is 6.92 Å².